The maximum atomic E-state index is 12.6. The number of hydrogen-bond donors (Lipinski definition) is 1. The van der Waals surface area contributed by atoms with Gasteiger partial charge in [-0.2, -0.15) is 0 Å². The molecule has 1 saturated heterocycles. The summed E-state index contributed by atoms with van der Waals surface area (Å²) in [5.41, 5.74) is 5.74. The first-order valence-corrected chi connectivity index (χ1v) is 7.91. The SMILES string of the molecule is COc1ccc(Cl)cc1C(=O)N1CC(Oc2ccnc(C(N)=O)c2)C1. The van der Waals surface area contributed by atoms with Crippen molar-refractivity contribution in [1.82, 2.24) is 9.88 Å². The van der Waals surface area contributed by atoms with E-state index in [2.05, 4.69) is 4.98 Å². The highest BCUT2D eigenvalue weighted by molar-refractivity contribution is 6.31. The molecular formula is C17H16ClN3O4. The van der Waals surface area contributed by atoms with Crippen molar-refractivity contribution in [2.75, 3.05) is 20.2 Å². The van der Waals surface area contributed by atoms with Gasteiger partial charge in [0.2, 0.25) is 0 Å². The van der Waals surface area contributed by atoms with Crippen molar-refractivity contribution in [3.63, 3.8) is 0 Å². The first-order chi connectivity index (χ1) is 12.0. The Balaban J connectivity index is 1.63. The highest BCUT2D eigenvalue weighted by Gasteiger charge is 2.34. The van der Waals surface area contributed by atoms with Crippen molar-refractivity contribution in [3.05, 3.63) is 52.8 Å². The van der Waals surface area contributed by atoms with Crippen LogP contribution in [0.4, 0.5) is 0 Å². The molecule has 2 aromatic rings. The second-order valence-corrected chi connectivity index (χ2v) is 5.97. The number of primary amides is 1. The smallest absolute Gasteiger partial charge is 0.267 e. The molecule has 2 N–H and O–H groups in total. The fourth-order valence-electron chi connectivity index (χ4n) is 2.51. The predicted molar refractivity (Wildman–Crippen MR) is 91.1 cm³/mol. The Kier molecular flexibility index (Phi) is 4.76. The second kappa shape index (κ2) is 6.98. The minimum atomic E-state index is -0.621. The Morgan fingerprint density at radius 1 is 1.28 bits per heavy atom. The summed E-state index contributed by atoms with van der Waals surface area (Å²) in [6.07, 6.45) is 1.28. The average Bonchev–Trinajstić information content (AvgIpc) is 2.57. The maximum Gasteiger partial charge on any atom is 0.267 e. The molecule has 3 rings (SSSR count). The molecule has 7 nitrogen and oxygen atoms in total. The highest BCUT2D eigenvalue weighted by Crippen LogP contribution is 2.27. The monoisotopic (exact) mass is 361 g/mol. The highest BCUT2D eigenvalue weighted by atomic mass is 35.5. The number of rotatable bonds is 5. The maximum absolute atomic E-state index is 12.6. The molecule has 25 heavy (non-hydrogen) atoms. The number of methoxy groups -OCH3 is 1. The molecule has 0 atom stereocenters. The fraction of sp³-hybridized carbons (Fsp3) is 0.235. The molecule has 0 spiro atoms. The molecule has 130 valence electrons. The van der Waals surface area contributed by atoms with Crippen LogP contribution in [-0.4, -0.2) is 48.0 Å². The third kappa shape index (κ3) is 3.66. The van der Waals surface area contributed by atoms with E-state index in [1.807, 2.05) is 0 Å². The quantitative estimate of drug-likeness (QED) is 0.875. The largest absolute Gasteiger partial charge is 0.496 e. The summed E-state index contributed by atoms with van der Waals surface area (Å²) in [7, 11) is 1.50. The van der Waals surface area contributed by atoms with Gasteiger partial charge in [0, 0.05) is 17.3 Å². The molecule has 1 aromatic heterocycles. The molecule has 0 saturated carbocycles. The lowest BCUT2D eigenvalue weighted by molar-refractivity contribution is 0.0175. The Morgan fingerprint density at radius 3 is 2.72 bits per heavy atom. The molecule has 1 aliphatic rings. The van der Waals surface area contributed by atoms with Crippen LogP contribution in [0.2, 0.25) is 5.02 Å². The van der Waals surface area contributed by atoms with E-state index >= 15 is 0 Å². The van der Waals surface area contributed by atoms with Crippen LogP contribution >= 0.6 is 11.6 Å². The number of ether oxygens (including phenoxy) is 2. The van der Waals surface area contributed by atoms with Crippen molar-refractivity contribution in [3.8, 4) is 11.5 Å². The summed E-state index contributed by atoms with van der Waals surface area (Å²) in [5.74, 6) is 0.163. The third-order valence-corrected chi connectivity index (χ3v) is 4.05. The number of amides is 2. The van der Waals surface area contributed by atoms with E-state index in [1.54, 1.807) is 29.2 Å². The molecule has 0 aliphatic carbocycles. The van der Waals surface area contributed by atoms with Gasteiger partial charge in [-0.25, -0.2) is 0 Å². The summed E-state index contributed by atoms with van der Waals surface area (Å²) >= 11 is 5.97. The number of nitrogens with two attached hydrogens (primary N) is 1. The minimum absolute atomic E-state index is 0.133. The summed E-state index contributed by atoms with van der Waals surface area (Å²) in [6.45, 7) is 0.839. The van der Waals surface area contributed by atoms with Gasteiger partial charge >= 0.3 is 0 Å². The Labute approximate surface area is 149 Å². The zero-order valence-corrected chi connectivity index (χ0v) is 14.2. The number of nitrogens with zero attached hydrogens (tertiary/aromatic N) is 2. The molecule has 1 aromatic carbocycles. The number of benzene rings is 1. The van der Waals surface area contributed by atoms with E-state index in [4.69, 9.17) is 26.8 Å². The van der Waals surface area contributed by atoms with E-state index in [0.29, 0.717) is 35.2 Å². The van der Waals surface area contributed by atoms with Crippen LogP contribution in [-0.2, 0) is 0 Å². The number of carbonyl (C=O) groups is 2. The number of aromatic nitrogens is 1. The van der Waals surface area contributed by atoms with E-state index < -0.39 is 5.91 Å². The summed E-state index contributed by atoms with van der Waals surface area (Å²) in [4.78, 5) is 29.2. The van der Waals surface area contributed by atoms with Gasteiger partial charge in [0.05, 0.1) is 25.8 Å². The number of hydrogen-bond acceptors (Lipinski definition) is 5. The van der Waals surface area contributed by atoms with Crippen molar-refractivity contribution < 1.29 is 19.1 Å². The van der Waals surface area contributed by atoms with Crippen LogP contribution in [0.1, 0.15) is 20.8 Å². The van der Waals surface area contributed by atoms with Crippen LogP contribution in [0.15, 0.2) is 36.5 Å². The molecule has 1 aliphatic heterocycles. The predicted octanol–water partition coefficient (Wildman–Crippen LogP) is 1.75. The van der Waals surface area contributed by atoms with Crippen LogP contribution in [0.25, 0.3) is 0 Å². The zero-order chi connectivity index (χ0) is 18.0. The lowest BCUT2D eigenvalue weighted by Gasteiger charge is -2.39. The summed E-state index contributed by atoms with van der Waals surface area (Å²) in [5, 5.41) is 0.466. The molecule has 0 radical (unpaired) electrons. The molecule has 2 amide bonds. The van der Waals surface area contributed by atoms with Gasteiger partial charge in [-0.15, -0.1) is 0 Å². The van der Waals surface area contributed by atoms with Crippen LogP contribution in [0, 0.1) is 0 Å². The van der Waals surface area contributed by atoms with Gasteiger partial charge in [-0.3, -0.25) is 14.6 Å². The molecule has 0 unspecified atom stereocenters. The van der Waals surface area contributed by atoms with E-state index in [9.17, 15) is 9.59 Å². The minimum Gasteiger partial charge on any atom is -0.496 e. The summed E-state index contributed by atoms with van der Waals surface area (Å²) in [6, 6.07) is 8.02. The number of halogens is 1. The van der Waals surface area contributed by atoms with Gasteiger partial charge in [0.25, 0.3) is 11.8 Å². The van der Waals surface area contributed by atoms with E-state index in [1.165, 1.54) is 19.4 Å². The van der Waals surface area contributed by atoms with Gasteiger partial charge < -0.3 is 20.1 Å². The van der Waals surface area contributed by atoms with Gasteiger partial charge in [-0.05, 0) is 24.3 Å². The lowest BCUT2D eigenvalue weighted by Crippen LogP contribution is -2.56. The number of pyridine rings is 1. The first-order valence-electron chi connectivity index (χ1n) is 7.53. The fourth-order valence-corrected chi connectivity index (χ4v) is 2.68. The second-order valence-electron chi connectivity index (χ2n) is 5.54. The van der Waals surface area contributed by atoms with E-state index in [0.717, 1.165) is 0 Å². The topological polar surface area (TPSA) is 94.8 Å². The van der Waals surface area contributed by atoms with Crippen LogP contribution in [0.3, 0.4) is 0 Å². The number of likely N-dealkylation sites (tertiary alicyclic amines) is 1. The molecule has 8 heteroatoms. The summed E-state index contributed by atoms with van der Waals surface area (Å²) < 4.78 is 10.9. The standard InChI is InChI=1S/C17H16ClN3O4/c1-24-15-3-2-10(18)6-13(15)17(23)21-8-12(9-21)25-11-4-5-20-14(7-11)16(19)22/h2-7,12H,8-9H2,1H3,(H2,19,22). The normalized spacial score (nSPS) is 13.9. The first kappa shape index (κ1) is 17.0. The Bertz CT molecular complexity index is 821. The number of carbonyl (C=O) groups excluding carboxylic acids is 2. The molecule has 2 heterocycles. The van der Waals surface area contributed by atoms with Crippen molar-refractivity contribution >= 4 is 23.4 Å². The van der Waals surface area contributed by atoms with Crippen molar-refractivity contribution in [2.24, 2.45) is 5.73 Å². The van der Waals surface area contributed by atoms with Gasteiger partial charge in [0.1, 0.15) is 23.3 Å². The average molecular weight is 362 g/mol. The van der Waals surface area contributed by atoms with Crippen molar-refractivity contribution in [2.45, 2.75) is 6.10 Å². The van der Waals surface area contributed by atoms with Gasteiger partial charge in [-0.1, -0.05) is 11.6 Å². The molecular weight excluding hydrogens is 346 g/mol. The van der Waals surface area contributed by atoms with Crippen LogP contribution < -0.4 is 15.2 Å². The van der Waals surface area contributed by atoms with E-state index in [-0.39, 0.29) is 17.7 Å². The van der Waals surface area contributed by atoms with Gasteiger partial charge in [0.15, 0.2) is 0 Å². The Hall–Kier alpha value is -2.80. The van der Waals surface area contributed by atoms with Crippen LogP contribution in [0.5, 0.6) is 11.5 Å². The zero-order valence-electron chi connectivity index (χ0n) is 13.4. The molecule has 1 fully saturated rings. The lowest BCUT2D eigenvalue weighted by atomic mass is 10.1. The Morgan fingerprint density at radius 2 is 2.04 bits per heavy atom. The third-order valence-electron chi connectivity index (χ3n) is 3.81. The van der Waals surface area contributed by atoms with Crippen molar-refractivity contribution in [1.29, 1.82) is 0 Å². The molecule has 0 bridgehead atoms.